The van der Waals surface area contributed by atoms with Gasteiger partial charge in [0.25, 0.3) is 0 Å². The highest BCUT2D eigenvalue weighted by Gasteiger charge is 2.19. The molecule has 0 heterocycles. The van der Waals surface area contributed by atoms with Crippen LogP contribution in [-0.4, -0.2) is 5.75 Å². The second-order valence-corrected chi connectivity index (χ2v) is 7.73. The number of hydrogen-bond acceptors (Lipinski definition) is 2. The summed E-state index contributed by atoms with van der Waals surface area (Å²) in [7, 11) is 0. The quantitative estimate of drug-likeness (QED) is 0.564. The molecule has 2 aromatic carbocycles. The van der Waals surface area contributed by atoms with Crippen LogP contribution in [0.2, 0.25) is 0 Å². The molecule has 1 aliphatic carbocycles. The third kappa shape index (κ3) is 4.69. The van der Waals surface area contributed by atoms with Gasteiger partial charge in [-0.25, -0.2) is 0 Å². The van der Waals surface area contributed by atoms with Crippen molar-refractivity contribution < 1.29 is 0 Å². The van der Waals surface area contributed by atoms with Crippen molar-refractivity contribution in [2.24, 2.45) is 5.92 Å². The summed E-state index contributed by atoms with van der Waals surface area (Å²) < 4.78 is 0. The van der Waals surface area contributed by atoms with Gasteiger partial charge in [0.2, 0.25) is 0 Å². The van der Waals surface area contributed by atoms with E-state index in [9.17, 15) is 0 Å². The molecule has 0 aliphatic heterocycles. The van der Waals surface area contributed by atoms with Gasteiger partial charge >= 0.3 is 0 Å². The first-order chi connectivity index (χ1) is 10.9. The lowest BCUT2D eigenvalue weighted by atomic mass is 9.86. The Morgan fingerprint density at radius 3 is 2.27 bits per heavy atom. The van der Waals surface area contributed by atoms with E-state index in [1.807, 2.05) is 23.5 Å². The number of allylic oxidation sites excluding steroid dienone is 1. The van der Waals surface area contributed by atoms with Crippen LogP contribution in [-0.2, 0) is 0 Å². The Balaban J connectivity index is 1.61. The molecule has 0 N–H and O–H groups in total. The molecule has 1 aliphatic rings. The van der Waals surface area contributed by atoms with Crippen LogP contribution in [0.5, 0.6) is 0 Å². The Morgan fingerprint density at radius 2 is 1.55 bits per heavy atom. The first-order valence-electron chi connectivity index (χ1n) is 8.00. The molecule has 3 rings (SSSR count). The van der Waals surface area contributed by atoms with Crippen molar-refractivity contribution in [2.75, 3.05) is 5.75 Å². The van der Waals surface area contributed by atoms with E-state index in [4.69, 9.17) is 0 Å². The summed E-state index contributed by atoms with van der Waals surface area (Å²) in [6.07, 6.45) is 5.36. The average Bonchev–Trinajstić information content (AvgIpc) is 2.61. The molecule has 1 atom stereocenters. The van der Waals surface area contributed by atoms with Crippen LogP contribution in [0.3, 0.4) is 0 Å². The molecular weight excluding hydrogens is 304 g/mol. The van der Waals surface area contributed by atoms with Gasteiger partial charge in [0, 0.05) is 15.5 Å². The molecule has 2 aromatic rings. The number of thioether (sulfide) groups is 2. The standard InChI is InChI=1S/C20H22S2/c1-3-11-19(12-4-1)21-15-17-9-7-8-10-18(17)16-22-20-13-5-2-6-14-20/h1-6,11-15,18H,7-10,16H2/b17-15+. The maximum atomic E-state index is 2.42. The van der Waals surface area contributed by atoms with Crippen molar-refractivity contribution in [3.63, 3.8) is 0 Å². The zero-order valence-corrected chi connectivity index (χ0v) is 14.4. The highest BCUT2D eigenvalue weighted by Crippen LogP contribution is 2.36. The molecule has 0 nitrogen and oxygen atoms in total. The molecule has 0 radical (unpaired) electrons. The summed E-state index contributed by atoms with van der Waals surface area (Å²) in [4.78, 5) is 2.73. The van der Waals surface area contributed by atoms with E-state index >= 15 is 0 Å². The molecule has 1 fully saturated rings. The maximum absolute atomic E-state index is 2.42. The first-order valence-corrected chi connectivity index (χ1v) is 9.87. The lowest BCUT2D eigenvalue weighted by Gasteiger charge is -2.25. The van der Waals surface area contributed by atoms with Gasteiger partial charge in [-0.1, -0.05) is 60.2 Å². The van der Waals surface area contributed by atoms with E-state index in [2.05, 4.69) is 66.1 Å². The zero-order valence-electron chi connectivity index (χ0n) is 12.8. The Bertz CT molecular complexity index is 590. The second-order valence-electron chi connectivity index (χ2n) is 5.69. The van der Waals surface area contributed by atoms with Gasteiger partial charge in [0.1, 0.15) is 0 Å². The lowest BCUT2D eigenvalue weighted by molar-refractivity contribution is 0.491. The molecule has 0 amide bonds. The van der Waals surface area contributed by atoms with Gasteiger partial charge < -0.3 is 0 Å². The molecule has 2 heteroatoms. The monoisotopic (exact) mass is 326 g/mol. The van der Waals surface area contributed by atoms with Gasteiger partial charge in [-0.3, -0.25) is 0 Å². The molecule has 0 spiro atoms. The number of benzene rings is 2. The summed E-state index contributed by atoms with van der Waals surface area (Å²) >= 11 is 3.88. The van der Waals surface area contributed by atoms with Crippen LogP contribution >= 0.6 is 23.5 Å². The first kappa shape index (κ1) is 15.8. The van der Waals surface area contributed by atoms with E-state index < -0.39 is 0 Å². The van der Waals surface area contributed by atoms with Gasteiger partial charge in [-0.15, -0.1) is 11.8 Å². The minimum Gasteiger partial charge on any atom is -0.126 e. The number of rotatable bonds is 5. The number of hydrogen-bond donors (Lipinski definition) is 0. The Morgan fingerprint density at radius 1 is 0.864 bits per heavy atom. The van der Waals surface area contributed by atoms with Crippen molar-refractivity contribution in [1.29, 1.82) is 0 Å². The topological polar surface area (TPSA) is 0 Å². The Labute approximate surface area is 142 Å². The maximum Gasteiger partial charge on any atom is 0.0116 e. The van der Waals surface area contributed by atoms with E-state index in [1.165, 1.54) is 41.2 Å². The predicted molar refractivity (Wildman–Crippen MR) is 99.5 cm³/mol. The van der Waals surface area contributed by atoms with E-state index in [1.54, 1.807) is 5.57 Å². The lowest BCUT2D eigenvalue weighted by Crippen LogP contribution is -2.12. The van der Waals surface area contributed by atoms with Gasteiger partial charge in [0.05, 0.1) is 0 Å². The smallest absolute Gasteiger partial charge is 0.0116 e. The van der Waals surface area contributed by atoms with Crippen LogP contribution < -0.4 is 0 Å². The van der Waals surface area contributed by atoms with Crippen molar-refractivity contribution in [3.8, 4) is 0 Å². The molecule has 22 heavy (non-hydrogen) atoms. The van der Waals surface area contributed by atoms with Crippen LogP contribution in [0.4, 0.5) is 0 Å². The molecule has 1 unspecified atom stereocenters. The molecule has 1 saturated carbocycles. The minimum atomic E-state index is 0.746. The molecule has 0 bridgehead atoms. The Kier molecular flexibility index (Phi) is 6.09. The van der Waals surface area contributed by atoms with Crippen LogP contribution in [0.15, 0.2) is 81.4 Å². The zero-order chi connectivity index (χ0) is 15.0. The fourth-order valence-corrected chi connectivity index (χ4v) is 4.85. The summed E-state index contributed by atoms with van der Waals surface area (Å²) in [6, 6.07) is 21.5. The van der Waals surface area contributed by atoms with Gasteiger partial charge in [-0.05, 0) is 54.9 Å². The normalized spacial score (nSPS) is 20.2. The minimum absolute atomic E-state index is 0.746. The third-order valence-electron chi connectivity index (χ3n) is 4.08. The fraction of sp³-hybridized carbons (Fsp3) is 0.300. The summed E-state index contributed by atoms with van der Waals surface area (Å²) in [6.45, 7) is 0. The van der Waals surface area contributed by atoms with Crippen molar-refractivity contribution in [1.82, 2.24) is 0 Å². The fourth-order valence-electron chi connectivity index (χ4n) is 2.81. The summed E-state index contributed by atoms with van der Waals surface area (Å²) in [5, 5.41) is 2.42. The Hall–Kier alpha value is -1.12. The largest absolute Gasteiger partial charge is 0.126 e. The summed E-state index contributed by atoms with van der Waals surface area (Å²) in [5.41, 5.74) is 1.66. The molecular formula is C20H22S2. The van der Waals surface area contributed by atoms with E-state index in [0.717, 1.165) is 5.92 Å². The second kappa shape index (κ2) is 8.50. The van der Waals surface area contributed by atoms with Crippen molar-refractivity contribution in [3.05, 3.63) is 71.6 Å². The third-order valence-corrected chi connectivity index (χ3v) is 6.22. The highest BCUT2D eigenvalue weighted by atomic mass is 32.2. The SMILES string of the molecule is C(/Sc1ccccc1)=C1/CCCCC1CSc1ccccc1. The van der Waals surface area contributed by atoms with Crippen molar-refractivity contribution >= 4 is 23.5 Å². The van der Waals surface area contributed by atoms with E-state index in [-0.39, 0.29) is 0 Å². The average molecular weight is 327 g/mol. The van der Waals surface area contributed by atoms with Crippen LogP contribution in [0.1, 0.15) is 25.7 Å². The van der Waals surface area contributed by atoms with Crippen molar-refractivity contribution in [2.45, 2.75) is 35.5 Å². The van der Waals surface area contributed by atoms with Gasteiger partial charge in [-0.2, -0.15) is 0 Å². The van der Waals surface area contributed by atoms with Gasteiger partial charge in [0.15, 0.2) is 0 Å². The predicted octanol–water partition coefficient (Wildman–Crippen LogP) is 6.65. The summed E-state index contributed by atoms with van der Waals surface area (Å²) in [5.74, 6) is 1.96. The van der Waals surface area contributed by atoms with Crippen LogP contribution in [0.25, 0.3) is 0 Å². The molecule has 114 valence electrons. The van der Waals surface area contributed by atoms with Crippen LogP contribution in [0, 0.1) is 5.92 Å². The molecule has 0 aromatic heterocycles. The van der Waals surface area contributed by atoms with E-state index in [0.29, 0.717) is 0 Å². The highest BCUT2D eigenvalue weighted by molar-refractivity contribution is 8.02. The molecule has 0 saturated heterocycles.